The zero-order chi connectivity index (χ0) is 19.3. The zero-order valence-corrected chi connectivity index (χ0v) is 15.9. The lowest BCUT2D eigenvalue weighted by atomic mass is 9.86. The van der Waals surface area contributed by atoms with Crippen LogP contribution in [0, 0.1) is 0 Å². The molecule has 3 rings (SSSR count). The fourth-order valence-electron chi connectivity index (χ4n) is 3.07. The van der Waals surface area contributed by atoms with Crippen LogP contribution in [0.4, 0.5) is 0 Å². The van der Waals surface area contributed by atoms with E-state index in [1.165, 1.54) is 11.3 Å². The van der Waals surface area contributed by atoms with Gasteiger partial charge in [0.2, 0.25) is 0 Å². The van der Waals surface area contributed by atoms with Crippen LogP contribution in [0.3, 0.4) is 0 Å². The van der Waals surface area contributed by atoms with Gasteiger partial charge < -0.3 is 19.9 Å². The van der Waals surface area contributed by atoms with Crippen LogP contribution < -0.4 is 10.1 Å². The first-order chi connectivity index (χ1) is 13.0. The number of nitrogens with zero attached hydrogens (tertiary/aromatic N) is 1. The van der Waals surface area contributed by atoms with Gasteiger partial charge in [-0.25, -0.2) is 4.98 Å². The largest absolute Gasteiger partial charge is 0.494 e. The fourth-order valence-corrected chi connectivity index (χ4v) is 3.88. The predicted octanol–water partition coefficient (Wildman–Crippen LogP) is 2.96. The van der Waals surface area contributed by atoms with E-state index < -0.39 is 11.5 Å². The summed E-state index contributed by atoms with van der Waals surface area (Å²) in [5, 5.41) is 14.5. The number of carbonyl (C=O) groups is 2. The van der Waals surface area contributed by atoms with E-state index in [4.69, 9.17) is 9.47 Å². The summed E-state index contributed by atoms with van der Waals surface area (Å²) >= 11 is 1.37. The molecule has 2 heterocycles. The zero-order valence-electron chi connectivity index (χ0n) is 15.1. The summed E-state index contributed by atoms with van der Waals surface area (Å²) in [4.78, 5) is 28.3. The van der Waals surface area contributed by atoms with Crippen molar-refractivity contribution >= 4 is 23.2 Å². The Hall–Kier alpha value is -2.45. The standard InChI is InChI=1S/C19H22N2O5S/c1-2-26-14-5-3-13(4-6-14)18-20-15(12-27-18)17(24)21-19(11-16(22)23)7-9-25-10-8-19/h3-6,12H,2,7-11H2,1H3,(H,21,24)(H,22,23). The number of thiazole rings is 1. The third-order valence-corrected chi connectivity index (χ3v) is 5.36. The van der Waals surface area contributed by atoms with Gasteiger partial charge in [-0.15, -0.1) is 11.3 Å². The van der Waals surface area contributed by atoms with Gasteiger partial charge in [-0.05, 0) is 44.0 Å². The number of aliphatic carboxylic acids is 1. The van der Waals surface area contributed by atoms with Crippen molar-refractivity contribution in [2.24, 2.45) is 0 Å². The van der Waals surface area contributed by atoms with E-state index in [1.54, 1.807) is 5.38 Å². The molecule has 1 amide bonds. The average Bonchev–Trinajstić information content (AvgIpc) is 3.13. The molecule has 1 saturated heterocycles. The Morgan fingerprint density at radius 1 is 1.30 bits per heavy atom. The van der Waals surface area contributed by atoms with Crippen LogP contribution in [0.2, 0.25) is 0 Å². The third-order valence-electron chi connectivity index (χ3n) is 4.47. The van der Waals surface area contributed by atoms with Crippen LogP contribution in [-0.4, -0.2) is 47.3 Å². The molecule has 144 valence electrons. The number of rotatable bonds is 7. The minimum Gasteiger partial charge on any atom is -0.494 e. The average molecular weight is 390 g/mol. The maximum Gasteiger partial charge on any atom is 0.305 e. The predicted molar refractivity (Wildman–Crippen MR) is 101 cm³/mol. The highest BCUT2D eigenvalue weighted by Crippen LogP contribution is 2.28. The highest BCUT2D eigenvalue weighted by Gasteiger charge is 2.37. The number of amides is 1. The monoisotopic (exact) mass is 390 g/mol. The van der Waals surface area contributed by atoms with Crippen molar-refractivity contribution in [1.29, 1.82) is 0 Å². The number of carboxylic acids is 1. The van der Waals surface area contributed by atoms with Crippen LogP contribution in [0.15, 0.2) is 29.6 Å². The fraction of sp³-hybridized carbons (Fsp3) is 0.421. The summed E-state index contributed by atoms with van der Waals surface area (Å²) in [5.74, 6) is -0.511. The second-order valence-electron chi connectivity index (χ2n) is 6.41. The highest BCUT2D eigenvalue weighted by molar-refractivity contribution is 7.13. The molecule has 1 aromatic heterocycles. The summed E-state index contributed by atoms with van der Waals surface area (Å²) in [5.41, 5.74) is 0.401. The molecule has 8 heteroatoms. The van der Waals surface area contributed by atoms with Crippen molar-refractivity contribution in [3.8, 4) is 16.3 Å². The molecule has 27 heavy (non-hydrogen) atoms. The molecule has 7 nitrogen and oxygen atoms in total. The molecule has 1 aliphatic rings. The van der Waals surface area contributed by atoms with Crippen LogP contribution in [-0.2, 0) is 9.53 Å². The van der Waals surface area contributed by atoms with E-state index in [0.717, 1.165) is 16.3 Å². The minimum absolute atomic E-state index is 0.127. The van der Waals surface area contributed by atoms with Gasteiger partial charge in [-0.3, -0.25) is 9.59 Å². The Balaban J connectivity index is 1.72. The molecular formula is C19H22N2O5S. The molecule has 0 saturated carbocycles. The molecule has 2 aromatic rings. The Labute approximate surface area is 161 Å². The van der Waals surface area contributed by atoms with Gasteiger partial charge in [-0.1, -0.05) is 0 Å². The van der Waals surface area contributed by atoms with E-state index in [1.807, 2.05) is 31.2 Å². The van der Waals surface area contributed by atoms with Gasteiger partial charge in [0.15, 0.2) is 0 Å². The number of aromatic nitrogens is 1. The van der Waals surface area contributed by atoms with Gasteiger partial charge in [0.05, 0.1) is 18.6 Å². The number of carboxylic acid groups (broad SMARTS) is 1. The molecule has 0 aliphatic carbocycles. The Morgan fingerprint density at radius 3 is 2.63 bits per heavy atom. The maximum atomic E-state index is 12.7. The number of ether oxygens (including phenoxy) is 2. The van der Waals surface area contributed by atoms with E-state index in [2.05, 4.69) is 10.3 Å². The lowest BCUT2D eigenvalue weighted by molar-refractivity contribution is -0.139. The lowest BCUT2D eigenvalue weighted by Crippen LogP contribution is -2.53. The molecule has 0 bridgehead atoms. The Morgan fingerprint density at radius 2 is 2.00 bits per heavy atom. The van der Waals surface area contributed by atoms with Gasteiger partial charge in [0.25, 0.3) is 5.91 Å². The molecule has 0 atom stereocenters. The van der Waals surface area contributed by atoms with E-state index in [9.17, 15) is 14.7 Å². The van der Waals surface area contributed by atoms with Gasteiger partial charge in [-0.2, -0.15) is 0 Å². The normalized spacial score (nSPS) is 15.9. The van der Waals surface area contributed by atoms with Crippen LogP contribution in [0.5, 0.6) is 5.75 Å². The van der Waals surface area contributed by atoms with Crippen molar-refractivity contribution in [3.63, 3.8) is 0 Å². The molecule has 0 spiro atoms. The Kier molecular flexibility index (Phi) is 6.08. The van der Waals surface area contributed by atoms with Gasteiger partial charge in [0.1, 0.15) is 16.5 Å². The first kappa shape index (κ1) is 19.3. The second kappa shape index (κ2) is 8.49. The topological polar surface area (TPSA) is 97.8 Å². The highest BCUT2D eigenvalue weighted by atomic mass is 32.1. The summed E-state index contributed by atoms with van der Waals surface area (Å²) in [6.07, 6.45) is 0.819. The molecule has 0 radical (unpaired) electrons. The number of carbonyl (C=O) groups excluding carboxylic acids is 1. The van der Waals surface area contributed by atoms with Gasteiger partial charge >= 0.3 is 5.97 Å². The molecule has 1 aliphatic heterocycles. The molecule has 0 unspecified atom stereocenters. The molecule has 1 fully saturated rings. The third kappa shape index (κ3) is 4.84. The van der Waals surface area contributed by atoms with Crippen molar-refractivity contribution in [3.05, 3.63) is 35.3 Å². The van der Waals surface area contributed by atoms with Crippen LogP contribution in [0.1, 0.15) is 36.7 Å². The molecular weight excluding hydrogens is 368 g/mol. The van der Waals surface area contributed by atoms with Crippen LogP contribution in [0.25, 0.3) is 10.6 Å². The lowest BCUT2D eigenvalue weighted by Gasteiger charge is -2.36. The SMILES string of the molecule is CCOc1ccc(-c2nc(C(=O)NC3(CC(=O)O)CCOCC3)cs2)cc1. The van der Waals surface area contributed by atoms with E-state index in [-0.39, 0.29) is 12.3 Å². The van der Waals surface area contributed by atoms with Crippen molar-refractivity contribution in [2.75, 3.05) is 19.8 Å². The number of hydrogen-bond acceptors (Lipinski definition) is 6. The summed E-state index contributed by atoms with van der Waals surface area (Å²) in [6, 6.07) is 7.53. The van der Waals surface area contributed by atoms with E-state index >= 15 is 0 Å². The summed E-state index contributed by atoms with van der Waals surface area (Å²) < 4.78 is 10.7. The van der Waals surface area contributed by atoms with E-state index in [0.29, 0.717) is 38.4 Å². The smallest absolute Gasteiger partial charge is 0.305 e. The first-order valence-corrected chi connectivity index (χ1v) is 9.70. The molecule has 2 N–H and O–H groups in total. The van der Waals surface area contributed by atoms with Crippen LogP contribution >= 0.6 is 11.3 Å². The second-order valence-corrected chi connectivity index (χ2v) is 7.27. The maximum absolute atomic E-state index is 12.7. The number of hydrogen-bond donors (Lipinski definition) is 2. The van der Waals surface area contributed by atoms with Crippen molar-refractivity contribution in [1.82, 2.24) is 10.3 Å². The van der Waals surface area contributed by atoms with Gasteiger partial charge in [0, 0.05) is 24.2 Å². The molecule has 1 aromatic carbocycles. The number of nitrogens with one attached hydrogen (secondary N) is 1. The van der Waals surface area contributed by atoms with Crippen molar-refractivity contribution in [2.45, 2.75) is 31.7 Å². The van der Waals surface area contributed by atoms with Crippen molar-refractivity contribution < 1.29 is 24.2 Å². The number of benzene rings is 1. The first-order valence-electron chi connectivity index (χ1n) is 8.82. The summed E-state index contributed by atoms with van der Waals surface area (Å²) in [7, 11) is 0. The minimum atomic E-state index is -0.939. The quantitative estimate of drug-likeness (QED) is 0.754. The summed E-state index contributed by atoms with van der Waals surface area (Å²) in [6.45, 7) is 3.39. The Bertz CT molecular complexity index is 797.